The lowest BCUT2D eigenvalue weighted by Gasteiger charge is -2.35. The van der Waals surface area contributed by atoms with Gasteiger partial charge in [0, 0.05) is 26.2 Å². The molecule has 3 atom stereocenters. The molecule has 0 spiro atoms. The number of amides is 2. The van der Waals surface area contributed by atoms with Crippen molar-refractivity contribution in [2.75, 3.05) is 32.8 Å². The highest BCUT2D eigenvalue weighted by Gasteiger charge is 2.25. The van der Waals surface area contributed by atoms with Gasteiger partial charge in [0.15, 0.2) is 0 Å². The summed E-state index contributed by atoms with van der Waals surface area (Å²) in [6, 6.07) is -0.586. The molecule has 23 heavy (non-hydrogen) atoms. The van der Waals surface area contributed by atoms with E-state index in [1.165, 1.54) is 0 Å². The van der Waals surface area contributed by atoms with Crippen LogP contribution in [-0.4, -0.2) is 67.9 Å². The maximum atomic E-state index is 12.3. The van der Waals surface area contributed by atoms with Gasteiger partial charge in [0.2, 0.25) is 5.91 Å². The molecule has 1 heterocycles. The van der Waals surface area contributed by atoms with Crippen molar-refractivity contribution in [1.82, 2.24) is 15.5 Å². The lowest BCUT2D eigenvalue weighted by molar-refractivity contribution is -0.124. The zero-order valence-corrected chi connectivity index (χ0v) is 14.9. The second kappa shape index (κ2) is 9.72. The van der Waals surface area contributed by atoms with E-state index in [-0.39, 0.29) is 30.6 Å². The highest BCUT2D eigenvalue weighted by Crippen LogP contribution is 2.09. The Morgan fingerprint density at radius 3 is 2.39 bits per heavy atom. The van der Waals surface area contributed by atoms with Crippen molar-refractivity contribution in [2.24, 2.45) is 5.92 Å². The van der Waals surface area contributed by atoms with Gasteiger partial charge in [-0.25, -0.2) is 4.79 Å². The standard InChI is InChI=1S/C16H31N3O4/c1-6-22-16(21)18-14(11(2)3)15(20)17-7-8-19-9-12(4)23-13(5)10-19/h11-14H,6-10H2,1-5H3,(H,17,20)(H,18,21)/t12-,13+,14-/m0/s1. The van der Waals surface area contributed by atoms with Crippen LogP contribution in [0.3, 0.4) is 0 Å². The number of rotatable bonds is 7. The van der Waals surface area contributed by atoms with Crippen LogP contribution in [-0.2, 0) is 14.3 Å². The molecule has 1 aliphatic rings. The summed E-state index contributed by atoms with van der Waals surface area (Å²) >= 11 is 0. The fraction of sp³-hybridized carbons (Fsp3) is 0.875. The molecule has 1 aliphatic heterocycles. The Labute approximate surface area is 139 Å². The van der Waals surface area contributed by atoms with Crippen LogP contribution in [0.5, 0.6) is 0 Å². The largest absolute Gasteiger partial charge is 0.450 e. The number of alkyl carbamates (subject to hydrolysis) is 1. The first-order valence-corrected chi connectivity index (χ1v) is 8.42. The van der Waals surface area contributed by atoms with Crippen molar-refractivity contribution in [3.8, 4) is 0 Å². The lowest BCUT2D eigenvalue weighted by Crippen LogP contribution is -2.52. The van der Waals surface area contributed by atoms with Crippen LogP contribution in [0.15, 0.2) is 0 Å². The van der Waals surface area contributed by atoms with E-state index in [9.17, 15) is 9.59 Å². The van der Waals surface area contributed by atoms with E-state index >= 15 is 0 Å². The van der Waals surface area contributed by atoms with E-state index in [1.807, 2.05) is 13.8 Å². The SMILES string of the molecule is CCOC(=O)N[C@H](C(=O)NCCN1C[C@@H](C)O[C@@H](C)C1)C(C)C. The van der Waals surface area contributed by atoms with Crippen LogP contribution in [0.1, 0.15) is 34.6 Å². The van der Waals surface area contributed by atoms with Gasteiger partial charge in [-0.05, 0) is 26.7 Å². The van der Waals surface area contributed by atoms with Crippen LogP contribution >= 0.6 is 0 Å². The molecule has 0 aromatic rings. The molecule has 0 saturated carbocycles. The quantitative estimate of drug-likeness (QED) is 0.728. The van der Waals surface area contributed by atoms with E-state index in [1.54, 1.807) is 6.92 Å². The van der Waals surface area contributed by atoms with Gasteiger partial charge in [-0.3, -0.25) is 9.69 Å². The molecule has 0 unspecified atom stereocenters. The molecule has 134 valence electrons. The average molecular weight is 329 g/mol. The minimum atomic E-state index is -0.586. The van der Waals surface area contributed by atoms with E-state index in [0.717, 1.165) is 19.6 Å². The third-order valence-corrected chi connectivity index (χ3v) is 3.72. The number of hydrogen-bond donors (Lipinski definition) is 2. The molecule has 0 aromatic heterocycles. The molecule has 2 amide bonds. The van der Waals surface area contributed by atoms with E-state index < -0.39 is 12.1 Å². The molecule has 1 rings (SSSR count). The fourth-order valence-electron chi connectivity index (χ4n) is 2.75. The summed E-state index contributed by atoms with van der Waals surface area (Å²) in [7, 11) is 0. The summed E-state index contributed by atoms with van der Waals surface area (Å²) in [5.74, 6) is -0.190. The summed E-state index contributed by atoms with van der Waals surface area (Å²) in [4.78, 5) is 26.1. The van der Waals surface area contributed by atoms with Crippen molar-refractivity contribution in [2.45, 2.75) is 52.9 Å². The van der Waals surface area contributed by atoms with Gasteiger partial charge in [-0.15, -0.1) is 0 Å². The molecule has 1 fully saturated rings. The fourth-order valence-corrected chi connectivity index (χ4v) is 2.75. The molecule has 1 saturated heterocycles. The summed E-state index contributed by atoms with van der Waals surface area (Å²) in [6.07, 6.45) is -0.135. The first kappa shape index (κ1) is 19.7. The molecule has 7 heteroatoms. The normalized spacial score (nSPS) is 23.4. The summed E-state index contributed by atoms with van der Waals surface area (Å²) < 4.78 is 10.5. The van der Waals surface area contributed by atoms with Crippen LogP contribution in [0, 0.1) is 5.92 Å². The predicted octanol–water partition coefficient (Wildman–Crippen LogP) is 0.983. The molecular weight excluding hydrogens is 298 g/mol. The van der Waals surface area contributed by atoms with Gasteiger partial charge in [0.25, 0.3) is 0 Å². The Bertz CT molecular complexity index is 380. The average Bonchev–Trinajstić information content (AvgIpc) is 2.43. The van der Waals surface area contributed by atoms with Crippen LogP contribution in [0.2, 0.25) is 0 Å². The summed E-state index contributed by atoms with van der Waals surface area (Å²) in [6.45, 7) is 13.0. The van der Waals surface area contributed by atoms with Gasteiger partial charge < -0.3 is 20.1 Å². The number of morpholine rings is 1. The lowest BCUT2D eigenvalue weighted by atomic mass is 10.0. The van der Waals surface area contributed by atoms with Crippen molar-refractivity contribution in [1.29, 1.82) is 0 Å². The van der Waals surface area contributed by atoms with Gasteiger partial charge in [-0.2, -0.15) is 0 Å². The summed E-state index contributed by atoms with van der Waals surface area (Å²) in [5.41, 5.74) is 0. The second-order valence-electron chi connectivity index (χ2n) is 6.39. The molecule has 0 bridgehead atoms. The van der Waals surface area contributed by atoms with Gasteiger partial charge >= 0.3 is 6.09 Å². The Morgan fingerprint density at radius 1 is 1.26 bits per heavy atom. The van der Waals surface area contributed by atoms with Crippen molar-refractivity contribution < 1.29 is 19.1 Å². The monoisotopic (exact) mass is 329 g/mol. The van der Waals surface area contributed by atoms with Crippen LogP contribution < -0.4 is 10.6 Å². The number of nitrogens with one attached hydrogen (secondary N) is 2. The van der Waals surface area contributed by atoms with Gasteiger partial charge in [0.1, 0.15) is 6.04 Å². The van der Waals surface area contributed by atoms with Crippen molar-refractivity contribution >= 4 is 12.0 Å². The smallest absolute Gasteiger partial charge is 0.407 e. The predicted molar refractivity (Wildman–Crippen MR) is 88.2 cm³/mol. The molecule has 7 nitrogen and oxygen atoms in total. The van der Waals surface area contributed by atoms with Gasteiger partial charge in [0.05, 0.1) is 18.8 Å². The highest BCUT2D eigenvalue weighted by atomic mass is 16.5. The van der Waals surface area contributed by atoms with Crippen molar-refractivity contribution in [3.63, 3.8) is 0 Å². The van der Waals surface area contributed by atoms with E-state index in [2.05, 4.69) is 29.4 Å². The Hall–Kier alpha value is -1.34. The Kier molecular flexibility index (Phi) is 8.33. The number of hydrogen-bond acceptors (Lipinski definition) is 5. The minimum Gasteiger partial charge on any atom is -0.450 e. The molecule has 2 N–H and O–H groups in total. The highest BCUT2D eigenvalue weighted by molar-refractivity contribution is 5.85. The number of nitrogens with zero attached hydrogens (tertiary/aromatic N) is 1. The maximum absolute atomic E-state index is 12.3. The zero-order valence-electron chi connectivity index (χ0n) is 14.9. The molecule has 0 aliphatic carbocycles. The molecule has 0 aromatic carbocycles. The first-order valence-electron chi connectivity index (χ1n) is 8.42. The topological polar surface area (TPSA) is 79.9 Å². The number of carbonyl (C=O) groups excluding carboxylic acids is 2. The molecular formula is C16H31N3O4. The van der Waals surface area contributed by atoms with E-state index in [4.69, 9.17) is 9.47 Å². The van der Waals surface area contributed by atoms with Crippen LogP contribution in [0.25, 0.3) is 0 Å². The van der Waals surface area contributed by atoms with Crippen molar-refractivity contribution in [3.05, 3.63) is 0 Å². The van der Waals surface area contributed by atoms with Gasteiger partial charge in [-0.1, -0.05) is 13.8 Å². The second-order valence-corrected chi connectivity index (χ2v) is 6.39. The maximum Gasteiger partial charge on any atom is 0.407 e. The van der Waals surface area contributed by atoms with Crippen LogP contribution in [0.4, 0.5) is 4.79 Å². The number of ether oxygens (including phenoxy) is 2. The molecule has 0 radical (unpaired) electrons. The minimum absolute atomic E-state index is 0.0113. The Morgan fingerprint density at radius 2 is 1.87 bits per heavy atom. The summed E-state index contributed by atoms with van der Waals surface area (Å²) in [5, 5.41) is 5.51. The third-order valence-electron chi connectivity index (χ3n) is 3.72. The number of carbonyl (C=O) groups is 2. The first-order chi connectivity index (χ1) is 10.8. The third kappa shape index (κ3) is 7.18. The van der Waals surface area contributed by atoms with E-state index in [0.29, 0.717) is 6.54 Å². The Balaban J connectivity index is 2.38. The zero-order chi connectivity index (χ0) is 17.4.